The Hall–Kier alpha value is -0.920. The van der Waals surface area contributed by atoms with Crippen LogP contribution in [0.2, 0.25) is 0 Å². The average molecular weight is 195 g/mol. The summed E-state index contributed by atoms with van der Waals surface area (Å²) in [6.45, 7) is 4.37. The Morgan fingerprint density at radius 1 is 1.36 bits per heavy atom. The first-order valence-corrected chi connectivity index (χ1v) is 5.35. The molecule has 1 heterocycles. The number of hydrogen-bond acceptors (Lipinski definition) is 1. The van der Waals surface area contributed by atoms with Crippen molar-refractivity contribution in [3.05, 3.63) is 29.8 Å². The van der Waals surface area contributed by atoms with Gasteiger partial charge in [0.15, 0.2) is 0 Å². The minimum Gasteiger partial charge on any atom is -0.261 e. The van der Waals surface area contributed by atoms with Crippen molar-refractivity contribution >= 4 is 0 Å². The van der Waals surface area contributed by atoms with Gasteiger partial charge >= 0.3 is 0 Å². The first-order valence-electron chi connectivity index (χ1n) is 5.35. The minimum atomic E-state index is -0.228. The molecule has 0 bridgehead atoms. The summed E-state index contributed by atoms with van der Waals surface area (Å²) in [6, 6.07) is 1.59. The summed E-state index contributed by atoms with van der Waals surface area (Å²) in [5, 5.41) is 0. The van der Waals surface area contributed by atoms with E-state index in [0.29, 0.717) is 5.92 Å². The smallest absolute Gasteiger partial charge is 0.141 e. The Kier molecular flexibility index (Phi) is 4.57. The predicted octanol–water partition coefficient (Wildman–Crippen LogP) is 3.59. The van der Waals surface area contributed by atoms with Crippen molar-refractivity contribution in [3.63, 3.8) is 0 Å². The minimum absolute atomic E-state index is 0.228. The van der Waals surface area contributed by atoms with Gasteiger partial charge in [-0.2, -0.15) is 0 Å². The zero-order valence-corrected chi connectivity index (χ0v) is 8.96. The molecule has 1 aromatic heterocycles. The Labute approximate surface area is 85.4 Å². The average Bonchev–Trinajstić information content (AvgIpc) is 2.17. The Bertz CT molecular complexity index is 273. The van der Waals surface area contributed by atoms with E-state index in [-0.39, 0.29) is 5.82 Å². The van der Waals surface area contributed by atoms with Crippen molar-refractivity contribution in [2.24, 2.45) is 5.92 Å². The fourth-order valence-electron chi connectivity index (χ4n) is 1.76. The van der Waals surface area contributed by atoms with Crippen LogP contribution in [-0.2, 0) is 6.42 Å². The summed E-state index contributed by atoms with van der Waals surface area (Å²) < 4.78 is 12.8. The van der Waals surface area contributed by atoms with Crippen LogP contribution in [0.1, 0.15) is 38.7 Å². The van der Waals surface area contributed by atoms with E-state index in [4.69, 9.17) is 0 Å². The Morgan fingerprint density at radius 3 is 2.71 bits per heavy atom. The van der Waals surface area contributed by atoms with Crippen LogP contribution in [-0.4, -0.2) is 4.98 Å². The van der Waals surface area contributed by atoms with Crippen molar-refractivity contribution in [2.75, 3.05) is 0 Å². The molecule has 1 unspecified atom stereocenters. The first kappa shape index (κ1) is 11.2. The van der Waals surface area contributed by atoms with Crippen LogP contribution in [0.25, 0.3) is 0 Å². The van der Waals surface area contributed by atoms with Crippen molar-refractivity contribution in [1.29, 1.82) is 0 Å². The maximum absolute atomic E-state index is 12.8. The van der Waals surface area contributed by atoms with E-state index in [0.717, 1.165) is 18.4 Å². The molecule has 1 atom stereocenters. The van der Waals surface area contributed by atoms with Gasteiger partial charge in [0, 0.05) is 6.20 Å². The van der Waals surface area contributed by atoms with Crippen LogP contribution in [0.3, 0.4) is 0 Å². The molecule has 0 saturated heterocycles. The molecule has 0 N–H and O–H groups in total. The van der Waals surface area contributed by atoms with E-state index in [1.54, 1.807) is 12.3 Å². The largest absolute Gasteiger partial charge is 0.261 e. The van der Waals surface area contributed by atoms with Crippen LogP contribution in [0.4, 0.5) is 4.39 Å². The van der Waals surface area contributed by atoms with Crippen LogP contribution in [0.5, 0.6) is 0 Å². The molecule has 1 aromatic rings. The van der Waals surface area contributed by atoms with Crippen molar-refractivity contribution in [1.82, 2.24) is 4.98 Å². The Balaban J connectivity index is 2.57. The SMILES string of the molecule is CCCC(CC)Cc1cncc(F)c1. The lowest BCUT2D eigenvalue weighted by molar-refractivity contribution is 0.460. The fraction of sp³-hybridized carbons (Fsp3) is 0.583. The standard InChI is InChI=1S/C12H18FN/c1-3-5-10(4-2)6-11-7-12(13)9-14-8-11/h7-10H,3-6H2,1-2H3. The third-order valence-electron chi connectivity index (χ3n) is 2.56. The molecule has 0 aliphatic heterocycles. The summed E-state index contributed by atoms with van der Waals surface area (Å²) in [4.78, 5) is 3.86. The predicted molar refractivity (Wildman–Crippen MR) is 56.6 cm³/mol. The van der Waals surface area contributed by atoms with E-state index in [2.05, 4.69) is 18.8 Å². The van der Waals surface area contributed by atoms with E-state index >= 15 is 0 Å². The summed E-state index contributed by atoms with van der Waals surface area (Å²) in [5.74, 6) is 0.442. The highest BCUT2D eigenvalue weighted by molar-refractivity contribution is 5.10. The van der Waals surface area contributed by atoms with Crippen LogP contribution < -0.4 is 0 Å². The van der Waals surface area contributed by atoms with E-state index in [9.17, 15) is 4.39 Å². The maximum atomic E-state index is 12.8. The van der Waals surface area contributed by atoms with Crippen LogP contribution >= 0.6 is 0 Å². The zero-order chi connectivity index (χ0) is 10.4. The van der Waals surface area contributed by atoms with Crippen LogP contribution in [0, 0.1) is 11.7 Å². The van der Waals surface area contributed by atoms with Gasteiger partial charge in [-0.25, -0.2) is 4.39 Å². The van der Waals surface area contributed by atoms with Gasteiger partial charge in [-0.3, -0.25) is 4.98 Å². The molecule has 0 amide bonds. The highest BCUT2D eigenvalue weighted by atomic mass is 19.1. The van der Waals surface area contributed by atoms with Gasteiger partial charge in [-0.1, -0.05) is 33.1 Å². The second-order valence-corrected chi connectivity index (χ2v) is 3.78. The highest BCUT2D eigenvalue weighted by Crippen LogP contribution is 2.17. The van der Waals surface area contributed by atoms with Gasteiger partial charge < -0.3 is 0 Å². The van der Waals surface area contributed by atoms with Gasteiger partial charge in [0.05, 0.1) is 6.20 Å². The van der Waals surface area contributed by atoms with Gasteiger partial charge in [-0.15, -0.1) is 0 Å². The highest BCUT2D eigenvalue weighted by Gasteiger charge is 2.06. The molecule has 0 aliphatic rings. The first-order chi connectivity index (χ1) is 6.76. The summed E-state index contributed by atoms with van der Waals surface area (Å²) in [5.41, 5.74) is 1.02. The Morgan fingerprint density at radius 2 is 2.14 bits per heavy atom. The van der Waals surface area contributed by atoms with Crippen molar-refractivity contribution in [3.8, 4) is 0 Å². The lowest BCUT2D eigenvalue weighted by Gasteiger charge is -2.13. The van der Waals surface area contributed by atoms with E-state index in [1.807, 2.05) is 0 Å². The van der Waals surface area contributed by atoms with E-state index < -0.39 is 0 Å². The van der Waals surface area contributed by atoms with Gasteiger partial charge in [-0.05, 0) is 24.0 Å². The number of aromatic nitrogens is 1. The fourth-order valence-corrected chi connectivity index (χ4v) is 1.76. The number of pyridine rings is 1. The second-order valence-electron chi connectivity index (χ2n) is 3.78. The molecule has 0 saturated carbocycles. The molecule has 0 aliphatic carbocycles. The third-order valence-corrected chi connectivity index (χ3v) is 2.56. The molecule has 1 nitrogen and oxygen atoms in total. The molecule has 14 heavy (non-hydrogen) atoms. The molecular weight excluding hydrogens is 177 g/mol. The maximum Gasteiger partial charge on any atom is 0.141 e. The molecule has 1 rings (SSSR count). The zero-order valence-electron chi connectivity index (χ0n) is 8.96. The summed E-state index contributed by atoms with van der Waals surface area (Å²) >= 11 is 0. The topological polar surface area (TPSA) is 12.9 Å². The van der Waals surface area contributed by atoms with Crippen molar-refractivity contribution < 1.29 is 4.39 Å². The van der Waals surface area contributed by atoms with Gasteiger partial charge in [0.25, 0.3) is 0 Å². The lowest BCUT2D eigenvalue weighted by atomic mass is 9.93. The molecule has 2 heteroatoms. The van der Waals surface area contributed by atoms with Crippen LogP contribution in [0.15, 0.2) is 18.5 Å². The summed E-state index contributed by atoms with van der Waals surface area (Å²) in [6.07, 6.45) is 7.54. The molecule has 0 radical (unpaired) electrons. The summed E-state index contributed by atoms with van der Waals surface area (Å²) in [7, 11) is 0. The van der Waals surface area contributed by atoms with Gasteiger partial charge in [0.2, 0.25) is 0 Å². The monoisotopic (exact) mass is 195 g/mol. The molecule has 0 fully saturated rings. The van der Waals surface area contributed by atoms with Gasteiger partial charge in [0.1, 0.15) is 5.82 Å². The quantitative estimate of drug-likeness (QED) is 0.699. The molecule has 0 spiro atoms. The molecular formula is C12H18FN. The number of rotatable bonds is 5. The van der Waals surface area contributed by atoms with E-state index in [1.165, 1.54) is 19.0 Å². The number of halogens is 1. The lowest BCUT2D eigenvalue weighted by Crippen LogP contribution is -2.03. The number of nitrogens with zero attached hydrogens (tertiary/aromatic N) is 1. The third kappa shape index (κ3) is 3.44. The second kappa shape index (κ2) is 5.74. The molecule has 0 aromatic carbocycles. The normalized spacial score (nSPS) is 12.8. The molecule has 78 valence electrons. The van der Waals surface area contributed by atoms with Crippen molar-refractivity contribution in [2.45, 2.75) is 39.5 Å². The number of hydrogen-bond donors (Lipinski definition) is 0.